The second kappa shape index (κ2) is 2.64. The molecule has 0 aromatic carbocycles. The van der Waals surface area contributed by atoms with Gasteiger partial charge in [0.15, 0.2) is 0 Å². The Morgan fingerprint density at radius 2 is 2.56 bits per heavy atom. The van der Waals surface area contributed by atoms with Gasteiger partial charge in [0.25, 0.3) is 0 Å². The van der Waals surface area contributed by atoms with Crippen molar-refractivity contribution in [3.05, 3.63) is 0 Å². The molecule has 0 aromatic heterocycles. The first-order valence-corrected chi connectivity index (χ1v) is 3.92. The van der Waals surface area contributed by atoms with Gasteiger partial charge < -0.3 is 5.32 Å². The number of carbonyl (C=O) groups is 1. The third-order valence-corrected chi connectivity index (χ3v) is 2.80. The topological polar surface area (TPSA) is 41.5 Å². The van der Waals surface area contributed by atoms with Crippen molar-refractivity contribution in [3.8, 4) is 0 Å². The summed E-state index contributed by atoms with van der Waals surface area (Å²) in [5.74, 6) is 0.0538. The Bertz CT molecular complexity index is 157. The lowest BCUT2D eigenvalue weighted by Crippen LogP contribution is -2.40. The molecule has 0 radical (unpaired) electrons. The number of rotatable bonds is 0. The van der Waals surface area contributed by atoms with Crippen molar-refractivity contribution in [1.82, 2.24) is 5.32 Å². The molecule has 1 aliphatic rings. The van der Waals surface area contributed by atoms with E-state index in [0.29, 0.717) is 0 Å². The maximum absolute atomic E-state index is 10.8. The highest BCUT2D eigenvalue weighted by Crippen LogP contribution is 2.11. The standard InChI is InChI=1S/C5H7IN2O/c1-3-4(6)5(9)8-2-7-3/h2-4H,1H3,(H,7,8,9). The summed E-state index contributed by atoms with van der Waals surface area (Å²) >= 11 is 2.08. The minimum Gasteiger partial charge on any atom is -0.316 e. The molecule has 0 aromatic rings. The molecule has 9 heavy (non-hydrogen) atoms. The molecule has 0 bridgehead atoms. The summed E-state index contributed by atoms with van der Waals surface area (Å²) in [5, 5.41) is 2.52. The summed E-state index contributed by atoms with van der Waals surface area (Å²) in [5.41, 5.74) is 0. The van der Waals surface area contributed by atoms with E-state index >= 15 is 0 Å². The third-order valence-electron chi connectivity index (χ3n) is 1.19. The zero-order valence-corrected chi connectivity index (χ0v) is 7.12. The summed E-state index contributed by atoms with van der Waals surface area (Å²) in [7, 11) is 0. The molecule has 3 nitrogen and oxygen atoms in total. The second-order valence-electron chi connectivity index (χ2n) is 1.93. The Morgan fingerprint density at radius 1 is 1.89 bits per heavy atom. The number of carbonyl (C=O) groups excluding carboxylic acids is 1. The van der Waals surface area contributed by atoms with Gasteiger partial charge in [0.05, 0.1) is 12.4 Å². The zero-order chi connectivity index (χ0) is 6.85. The van der Waals surface area contributed by atoms with Crippen molar-refractivity contribution >= 4 is 34.8 Å². The fraction of sp³-hybridized carbons (Fsp3) is 0.600. The molecular formula is C5H7IN2O. The van der Waals surface area contributed by atoms with Crippen LogP contribution in [-0.2, 0) is 4.79 Å². The van der Waals surface area contributed by atoms with Gasteiger partial charge in [-0.3, -0.25) is 9.79 Å². The molecule has 0 fully saturated rings. The Balaban J connectivity index is 2.69. The van der Waals surface area contributed by atoms with E-state index in [2.05, 4.69) is 32.9 Å². The summed E-state index contributed by atoms with van der Waals surface area (Å²) < 4.78 is -0.00685. The van der Waals surface area contributed by atoms with Gasteiger partial charge in [0, 0.05) is 0 Å². The average Bonchev–Trinajstić information content (AvgIpc) is 1.83. The predicted molar refractivity (Wildman–Crippen MR) is 43.9 cm³/mol. The van der Waals surface area contributed by atoms with Crippen LogP contribution in [-0.4, -0.2) is 22.2 Å². The van der Waals surface area contributed by atoms with Crippen LogP contribution in [0.3, 0.4) is 0 Å². The van der Waals surface area contributed by atoms with Gasteiger partial charge in [-0.05, 0) is 6.92 Å². The summed E-state index contributed by atoms with van der Waals surface area (Å²) in [4.78, 5) is 14.8. The van der Waals surface area contributed by atoms with Crippen LogP contribution in [0.5, 0.6) is 0 Å². The van der Waals surface area contributed by atoms with Crippen molar-refractivity contribution in [2.24, 2.45) is 4.99 Å². The number of nitrogens with zero attached hydrogens (tertiary/aromatic N) is 1. The number of halogens is 1. The van der Waals surface area contributed by atoms with E-state index in [1.54, 1.807) is 0 Å². The van der Waals surface area contributed by atoms with Gasteiger partial charge in [0.2, 0.25) is 5.91 Å². The largest absolute Gasteiger partial charge is 0.316 e. The molecule has 4 heteroatoms. The number of aliphatic imine (C=N–C) groups is 1. The third kappa shape index (κ3) is 1.41. The normalized spacial score (nSPS) is 34.2. The maximum Gasteiger partial charge on any atom is 0.240 e. The lowest BCUT2D eigenvalue weighted by atomic mass is 10.2. The van der Waals surface area contributed by atoms with Gasteiger partial charge in [-0.15, -0.1) is 0 Å². The molecule has 50 valence electrons. The smallest absolute Gasteiger partial charge is 0.240 e. The Morgan fingerprint density at radius 3 is 3.00 bits per heavy atom. The highest BCUT2D eigenvalue weighted by atomic mass is 127. The van der Waals surface area contributed by atoms with Gasteiger partial charge in [-0.2, -0.15) is 0 Å². The van der Waals surface area contributed by atoms with E-state index in [9.17, 15) is 4.79 Å². The number of amides is 1. The average molecular weight is 238 g/mol. The molecule has 0 saturated heterocycles. The van der Waals surface area contributed by atoms with Gasteiger partial charge in [-0.25, -0.2) is 0 Å². The summed E-state index contributed by atoms with van der Waals surface area (Å²) in [6.07, 6.45) is 1.46. The predicted octanol–water partition coefficient (Wildman–Crippen LogP) is 0.337. The van der Waals surface area contributed by atoms with E-state index in [4.69, 9.17) is 0 Å². The van der Waals surface area contributed by atoms with Gasteiger partial charge >= 0.3 is 0 Å². The van der Waals surface area contributed by atoms with Crippen LogP contribution < -0.4 is 5.32 Å². The van der Waals surface area contributed by atoms with Crippen molar-refractivity contribution in [1.29, 1.82) is 0 Å². The maximum atomic E-state index is 10.8. The molecule has 2 unspecified atom stereocenters. The van der Waals surface area contributed by atoms with Crippen molar-refractivity contribution in [2.75, 3.05) is 0 Å². The zero-order valence-electron chi connectivity index (χ0n) is 4.97. The molecule has 0 aliphatic carbocycles. The van der Waals surface area contributed by atoms with E-state index in [1.807, 2.05) is 6.92 Å². The summed E-state index contributed by atoms with van der Waals surface area (Å²) in [6, 6.07) is 0.124. The second-order valence-corrected chi connectivity index (χ2v) is 3.27. The van der Waals surface area contributed by atoms with Gasteiger partial charge in [0.1, 0.15) is 3.92 Å². The lowest BCUT2D eigenvalue weighted by molar-refractivity contribution is -0.119. The molecule has 2 atom stereocenters. The van der Waals surface area contributed by atoms with Crippen LogP contribution >= 0.6 is 22.6 Å². The van der Waals surface area contributed by atoms with E-state index < -0.39 is 0 Å². The molecule has 0 saturated carbocycles. The molecule has 1 rings (SSSR count). The van der Waals surface area contributed by atoms with Gasteiger partial charge in [-0.1, -0.05) is 22.6 Å². The fourth-order valence-electron chi connectivity index (χ4n) is 0.593. The minimum atomic E-state index is -0.00685. The Labute approximate surface area is 67.1 Å². The van der Waals surface area contributed by atoms with Crippen LogP contribution in [0.2, 0.25) is 0 Å². The molecule has 0 spiro atoms. The first-order chi connectivity index (χ1) is 4.22. The lowest BCUT2D eigenvalue weighted by Gasteiger charge is -2.16. The van der Waals surface area contributed by atoms with Crippen LogP contribution in [0, 0.1) is 0 Å². The van der Waals surface area contributed by atoms with E-state index in [-0.39, 0.29) is 15.9 Å². The van der Waals surface area contributed by atoms with E-state index in [1.165, 1.54) is 6.34 Å². The highest BCUT2D eigenvalue weighted by molar-refractivity contribution is 14.1. The van der Waals surface area contributed by atoms with Crippen molar-refractivity contribution in [3.63, 3.8) is 0 Å². The first kappa shape index (κ1) is 6.98. The van der Waals surface area contributed by atoms with Crippen LogP contribution in [0.4, 0.5) is 0 Å². The molecule has 1 amide bonds. The SMILES string of the molecule is CC1N=CNC(=O)C1I. The van der Waals surface area contributed by atoms with Crippen molar-refractivity contribution in [2.45, 2.75) is 16.9 Å². The number of nitrogens with one attached hydrogen (secondary N) is 1. The van der Waals surface area contributed by atoms with Crippen LogP contribution in [0.1, 0.15) is 6.92 Å². The minimum absolute atomic E-state index is 0.00685. The van der Waals surface area contributed by atoms with E-state index in [0.717, 1.165) is 0 Å². The molecule has 1 heterocycles. The quantitative estimate of drug-likeness (QED) is 0.479. The first-order valence-electron chi connectivity index (χ1n) is 2.68. The van der Waals surface area contributed by atoms with Crippen molar-refractivity contribution < 1.29 is 4.79 Å². The molecule has 1 N–H and O–H groups in total. The number of hydrogen-bond donors (Lipinski definition) is 1. The number of hydrogen-bond acceptors (Lipinski definition) is 2. The number of alkyl halides is 1. The Kier molecular flexibility index (Phi) is 2.05. The molecule has 1 aliphatic heterocycles. The Hall–Kier alpha value is -0.130. The highest BCUT2D eigenvalue weighted by Gasteiger charge is 2.22. The van der Waals surface area contributed by atoms with Crippen LogP contribution in [0.25, 0.3) is 0 Å². The monoisotopic (exact) mass is 238 g/mol. The van der Waals surface area contributed by atoms with Crippen LogP contribution in [0.15, 0.2) is 4.99 Å². The summed E-state index contributed by atoms with van der Waals surface area (Å²) in [6.45, 7) is 1.92. The molecular weight excluding hydrogens is 231 g/mol. The fourth-order valence-corrected chi connectivity index (χ4v) is 0.958.